The molecule has 0 aliphatic carbocycles. The van der Waals surface area contributed by atoms with Crippen LogP contribution in [-0.4, -0.2) is 42.3 Å². The topological polar surface area (TPSA) is 41.6 Å². The van der Waals surface area contributed by atoms with Crippen LogP contribution in [-0.2, 0) is 4.74 Å². The van der Waals surface area contributed by atoms with Crippen LogP contribution in [0.5, 0.6) is 0 Å². The Labute approximate surface area is 137 Å². The van der Waals surface area contributed by atoms with E-state index in [1.807, 2.05) is 25.7 Å². The lowest BCUT2D eigenvalue weighted by molar-refractivity contribution is 0.0256. The van der Waals surface area contributed by atoms with Crippen LogP contribution >= 0.6 is 0 Å². The molecule has 1 heterocycles. The highest BCUT2D eigenvalue weighted by Gasteiger charge is 2.24. The number of ether oxygens (including phenoxy) is 1. The van der Waals surface area contributed by atoms with Crippen molar-refractivity contribution in [1.82, 2.24) is 10.2 Å². The lowest BCUT2D eigenvalue weighted by Gasteiger charge is -2.26. The Hall–Kier alpha value is -0.770. The molecule has 0 aromatic rings. The molecule has 1 fully saturated rings. The number of carbonyl (C=O) groups is 1. The molecule has 1 aliphatic rings. The van der Waals surface area contributed by atoms with Crippen LogP contribution in [0.1, 0.15) is 79.1 Å². The lowest BCUT2D eigenvalue weighted by atomic mass is 10.1. The SMILES string of the molecule is CCCCCCCNC1CCCN(C(=O)OC(C)(C)C)CC1. The third kappa shape index (κ3) is 8.62. The fourth-order valence-corrected chi connectivity index (χ4v) is 2.84. The Morgan fingerprint density at radius 3 is 2.55 bits per heavy atom. The number of rotatable bonds is 7. The van der Waals surface area contributed by atoms with Gasteiger partial charge in [0.05, 0.1) is 0 Å². The second-order valence-corrected chi connectivity index (χ2v) is 7.46. The van der Waals surface area contributed by atoms with E-state index in [2.05, 4.69) is 12.2 Å². The van der Waals surface area contributed by atoms with Crippen molar-refractivity contribution in [1.29, 1.82) is 0 Å². The Balaban J connectivity index is 2.20. The monoisotopic (exact) mass is 312 g/mol. The van der Waals surface area contributed by atoms with Crippen LogP contribution in [0.3, 0.4) is 0 Å². The van der Waals surface area contributed by atoms with Gasteiger partial charge in [0.15, 0.2) is 0 Å². The van der Waals surface area contributed by atoms with Gasteiger partial charge in [-0.3, -0.25) is 0 Å². The van der Waals surface area contributed by atoms with E-state index < -0.39 is 5.60 Å². The number of unbranched alkanes of at least 4 members (excludes halogenated alkanes) is 4. The summed E-state index contributed by atoms with van der Waals surface area (Å²) in [6.45, 7) is 10.8. The summed E-state index contributed by atoms with van der Waals surface area (Å²) < 4.78 is 5.47. The molecule has 1 atom stereocenters. The summed E-state index contributed by atoms with van der Waals surface area (Å²) in [6.07, 6.45) is 9.71. The van der Waals surface area contributed by atoms with Gasteiger partial charge >= 0.3 is 6.09 Å². The zero-order chi connectivity index (χ0) is 16.4. The predicted octanol–water partition coefficient (Wildman–Crippen LogP) is 4.34. The molecular weight excluding hydrogens is 276 g/mol. The van der Waals surface area contributed by atoms with Gasteiger partial charge < -0.3 is 15.0 Å². The molecule has 1 amide bonds. The van der Waals surface area contributed by atoms with E-state index in [9.17, 15) is 4.79 Å². The van der Waals surface area contributed by atoms with E-state index >= 15 is 0 Å². The zero-order valence-electron chi connectivity index (χ0n) is 15.1. The first kappa shape index (κ1) is 19.3. The maximum absolute atomic E-state index is 12.1. The average molecular weight is 312 g/mol. The number of likely N-dealkylation sites (tertiary alicyclic amines) is 1. The minimum absolute atomic E-state index is 0.160. The van der Waals surface area contributed by atoms with Crippen molar-refractivity contribution < 1.29 is 9.53 Å². The summed E-state index contributed by atoms with van der Waals surface area (Å²) in [5, 5.41) is 3.67. The summed E-state index contributed by atoms with van der Waals surface area (Å²) in [5.74, 6) is 0. The van der Waals surface area contributed by atoms with E-state index in [-0.39, 0.29) is 6.09 Å². The van der Waals surface area contributed by atoms with Crippen LogP contribution in [0.2, 0.25) is 0 Å². The fourth-order valence-electron chi connectivity index (χ4n) is 2.84. The Morgan fingerprint density at radius 1 is 1.14 bits per heavy atom. The molecule has 1 aliphatic heterocycles. The van der Waals surface area contributed by atoms with Crippen molar-refractivity contribution in [2.24, 2.45) is 0 Å². The summed E-state index contributed by atoms with van der Waals surface area (Å²) in [4.78, 5) is 14.0. The molecule has 130 valence electrons. The first-order valence-corrected chi connectivity index (χ1v) is 9.13. The van der Waals surface area contributed by atoms with E-state index in [0.717, 1.165) is 38.9 Å². The second-order valence-electron chi connectivity index (χ2n) is 7.46. The molecule has 0 spiro atoms. The Morgan fingerprint density at radius 2 is 1.86 bits per heavy atom. The fraction of sp³-hybridized carbons (Fsp3) is 0.944. The van der Waals surface area contributed by atoms with Crippen LogP contribution in [0.25, 0.3) is 0 Å². The van der Waals surface area contributed by atoms with E-state index in [1.165, 1.54) is 32.1 Å². The first-order valence-electron chi connectivity index (χ1n) is 9.13. The van der Waals surface area contributed by atoms with Gasteiger partial charge in [0, 0.05) is 19.1 Å². The number of carbonyl (C=O) groups excluding carboxylic acids is 1. The number of nitrogens with one attached hydrogen (secondary N) is 1. The maximum atomic E-state index is 12.1. The van der Waals surface area contributed by atoms with Crippen molar-refractivity contribution in [2.75, 3.05) is 19.6 Å². The quantitative estimate of drug-likeness (QED) is 0.711. The normalized spacial score (nSPS) is 19.8. The van der Waals surface area contributed by atoms with Crippen molar-refractivity contribution in [3.8, 4) is 0 Å². The summed E-state index contributed by atoms with van der Waals surface area (Å²) in [7, 11) is 0. The zero-order valence-corrected chi connectivity index (χ0v) is 15.1. The highest BCUT2D eigenvalue weighted by atomic mass is 16.6. The molecule has 4 nitrogen and oxygen atoms in total. The van der Waals surface area contributed by atoms with Crippen LogP contribution in [0.4, 0.5) is 4.79 Å². The van der Waals surface area contributed by atoms with Gasteiger partial charge in [0.1, 0.15) is 5.60 Å². The van der Waals surface area contributed by atoms with Gasteiger partial charge in [-0.05, 0) is 53.0 Å². The van der Waals surface area contributed by atoms with Crippen LogP contribution in [0.15, 0.2) is 0 Å². The molecule has 0 saturated carbocycles. The average Bonchev–Trinajstić information content (AvgIpc) is 2.66. The summed E-state index contributed by atoms with van der Waals surface area (Å²) in [5.41, 5.74) is -0.403. The Bertz CT molecular complexity index is 313. The molecule has 4 heteroatoms. The van der Waals surface area contributed by atoms with E-state index in [4.69, 9.17) is 4.74 Å². The minimum atomic E-state index is -0.403. The number of amides is 1. The molecule has 0 bridgehead atoms. The molecular formula is C18H36N2O2. The first-order chi connectivity index (χ1) is 10.4. The molecule has 1 N–H and O–H groups in total. The van der Waals surface area contributed by atoms with Gasteiger partial charge in [0.2, 0.25) is 0 Å². The van der Waals surface area contributed by atoms with Gasteiger partial charge in [0.25, 0.3) is 0 Å². The number of nitrogens with zero attached hydrogens (tertiary/aromatic N) is 1. The predicted molar refractivity (Wildman–Crippen MR) is 92.2 cm³/mol. The largest absolute Gasteiger partial charge is 0.444 e. The van der Waals surface area contributed by atoms with Crippen molar-refractivity contribution in [3.63, 3.8) is 0 Å². The highest BCUT2D eigenvalue weighted by molar-refractivity contribution is 5.68. The van der Waals surface area contributed by atoms with E-state index in [0.29, 0.717) is 6.04 Å². The van der Waals surface area contributed by atoms with Gasteiger partial charge in [-0.25, -0.2) is 4.79 Å². The molecule has 1 unspecified atom stereocenters. The van der Waals surface area contributed by atoms with Gasteiger partial charge in [-0.15, -0.1) is 0 Å². The van der Waals surface area contributed by atoms with E-state index in [1.54, 1.807) is 0 Å². The van der Waals surface area contributed by atoms with Crippen LogP contribution in [0, 0.1) is 0 Å². The molecule has 22 heavy (non-hydrogen) atoms. The van der Waals surface area contributed by atoms with Crippen molar-refractivity contribution in [3.05, 3.63) is 0 Å². The molecule has 1 saturated heterocycles. The molecule has 0 radical (unpaired) electrons. The van der Waals surface area contributed by atoms with Gasteiger partial charge in [-0.1, -0.05) is 32.6 Å². The van der Waals surface area contributed by atoms with Crippen molar-refractivity contribution in [2.45, 2.75) is 90.7 Å². The molecule has 0 aromatic carbocycles. The van der Waals surface area contributed by atoms with Crippen molar-refractivity contribution >= 4 is 6.09 Å². The smallest absolute Gasteiger partial charge is 0.410 e. The maximum Gasteiger partial charge on any atom is 0.410 e. The third-order valence-corrected chi connectivity index (χ3v) is 4.09. The Kier molecular flexibility index (Phi) is 8.84. The number of hydrogen-bond acceptors (Lipinski definition) is 3. The van der Waals surface area contributed by atoms with Gasteiger partial charge in [-0.2, -0.15) is 0 Å². The number of hydrogen-bond donors (Lipinski definition) is 1. The standard InChI is InChI=1S/C18H36N2O2/c1-5-6-7-8-9-13-19-16-11-10-14-20(15-12-16)17(21)22-18(2,3)4/h16,19H,5-15H2,1-4H3. The summed E-state index contributed by atoms with van der Waals surface area (Å²) in [6, 6.07) is 0.554. The minimum Gasteiger partial charge on any atom is -0.444 e. The lowest BCUT2D eigenvalue weighted by Crippen LogP contribution is -2.38. The molecule has 1 rings (SSSR count). The summed E-state index contributed by atoms with van der Waals surface area (Å²) >= 11 is 0. The second kappa shape index (κ2) is 10.1. The highest BCUT2D eigenvalue weighted by Crippen LogP contribution is 2.15. The third-order valence-electron chi connectivity index (χ3n) is 4.09. The molecule has 0 aromatic heterocycles. The van der Waals surface area contributed by atoms with Crippen LogP contribution < -0.4 is 5.32 Å².